The zero-order valence-corrected chi connectivity index (χ0v) is 14.0. The second-order valence-corrected chi connectivity index (χ2v) is 6.54. The van der Waals surface area contributed by atoms with Gasteiger partial charge in [-0.15, -0.1) is 11.3 Å². The largest absolute Gasteiger partial charge is 0.346 e. The number of hydrogen-bond donors (Lipinski definition) is 1. The summed E-state index contributed by atoms with van der Waals surface area (Å²) in [4.78, 5) is 16.6. The van der Waals surface area contributed by atoms with Crippen LogP contribution in [-0.4, -0.2) is 10.9 Å². The molecule has 3 nitrogen and oxygen atoms in total. The van der Waals surface area contributed by atoms with Gasteiger partial charge in [0.05, 0.1) is 12.2 Å². The van der Waals surface area contributed by atoms with Gasteiger partial charge in [0, 0.05) is 21.0 Å². The summed E-state index contributed by atoms with van der Waals surface area (Å²) < 4.78 is 0.955. The van der Waals surface area contributed by atoms with Crippen LogP contribution in [0, 0.1) is 0 Å². The Hall–Kier alpha value is -1.98. The Labute approximate surface area is 141 Å². The van der Waals surface area contributed by atoms with Crippen molar-refractivity contribution in [1.29, 1.82) is 0 Å². The van der Waals surface area contributed by atoms with Gasteiger partial charge in [0.15, 0.2) is 0 Å². The smallest absolute Gasteiger partial charge is 0.251 e. The fourth-order valence-corrected chi connectivity index (χ4v) is 3.00. The minimum atomic E-state index is -0.0936. The summed E-state index contributed by atoms with van der Waals surface area (Å²) in [7, 11) is 0. The predicted molar refractivity (Wildman–Crippen MR) is 92.9 cm³/mol. The van der Waals surface area contributed by atoms with Crippen LogP contribution in [0.15, 0.2) is 64.5 Å². The van der Waals surface area contributed by atoms with E-state index in [1.807, 2.05) is 47.8 Å². The molecule has 0 saturated carbocycles. The zero-order valence-electron chi connectivity index (χ0n) is 11.6. The molecule has 0 fully saturated rings. The topological polar surface area (TPSA) is 42.0 Å². The first-order chi connectivity index (χ1) is 10.7. The van der Waals surface area contributed by atoms with Gasteiger partial charge in [0.25, 0.3) is 5.91 Å². The number of nitrogens with zero attached hydrogens (tertiary/aromatic N) is 1. The predicted octanol–water partition coefficient (Wildman–Crippen LogP) is 4.50. The lowest BCUT2D eigenvalue weighted by Gasteiger charge is -2.03. The van der Waals surface area contributed by atoms with Crippen LogP contribution in [0.4, 0.5) is 0 Å². The maximum absolute atomic E-state index is 12.1. The number of nitrogens with one attached hydrogen (secondary N) is 1. The van der Waals surface area contributed by atoms with E-state index in [-0.39, 0.29) is 5.91 Å². The fraction of sp³-hybridized carbons (Fsp3) is 0.0588. The third-order valence-electron chi connectivity index (χ3n) is 3.13. The summed E-state index contributed by atoms with van der Waals surface area (Å²) in [5.41, 5.74) is 2.67. The first-order valence-electron chi connectivity index (χ1n) is 6.76. The van der Waals surface area contributed by atoms with Crippen molar-refractivity contribution < 1.29 is 4.79 Å². The van der Waals surface area contributed by atoms with E-state index in [1.54, 1.807) is 23.5 Å². The number of carbonyl (C=O) groups excluding carboxylic acids is 1. The molecule has 1 amide bonds. The van der Waals surface area contributed by atoms with Gasteiger partial charge in [-0.2, -0.15) is 0 Å². The average Bonchev–Trinajstić information content (AvgIpc) is 3.03. The Kier molecular flexibility index (Phi) is 4.65. The summed E-state index contributed by atoms with van der Waals surface area (Å²) in [6, 6.07) is 17.3. The Balaban J connectivity index is 1.64. The summed E-state index contributed by atoms with van der Waals surface area (Å²) in [5.74, 6) is -0.0936. The number of rotatable bonds is 4. The van der Waals surface area contributed by atoms with Gasteiger partial charge >= 0.3 is 0 Å². The average molecular weight is 373 g/mol. The highest BCUT2D eigenvalue weighted by atomic mass is 79.9. The molecule has 1 aromatic heterocycles. The van der Waals surface area contributed by atoms with Gasteiger partial charge in [-0.05, 0) is 24.3 Å². The van der Waals surface area contributed by atoms with Crippen LogP contribution in [0.25, 0.3) is 11.3 Å². The molecule has 0 atom stereocenters. The van der Waals surface area contributed by atoms with Crippen molar-refractivity contribution in [3.63, 3.8) is 0 Å². The molecule has 1 heterocycles. The Bertz CT molecular complexity index is 769. The highest BCUT2D eigenvalue weighted by Gasteiger charge is 2.08. The zero-order chi connectivity index (χ0) is 15.4. The Morgan fingerprint density at radius 1 is 1.09 bits per heavy atom. The molecule has 0 aliphatic rings. The van der Waals surface area contributed by atoms with Crippen LogP contribution in [0.3, 0.4) is 0 Å². The van der Waals surface area contributed by atoms with E-state index in [4.69, 9.17) is 0 Å². The van der Waals surface area contributed by atoms with Crippen LogP contribution in [0.1, 0.15) is 15.4 Å². The van der Waals surface area contributed by atoms with Gasteiger partial charge in [0.2, 0.25) is 0 Å². The Morgan fingerprint density at radius 3 is 2.55 bits per heavy atom. The molecule has 1 N–H and O–H groups in total. The van der Waals surface area contributed by atoms with Gasteiger partial charge in [-0.1, -0.05) is 46.3 Å². The molecular formula is C17H13BrN2OS. The molecule has 0 spiro atoms. The maximum atomic E-state index is 12.1. The van der Waals surface area contributed by atoms with Gasteiger partial charge in [0.1, 0.15) is 5.01 Å². The number of aromatic nitrogens is 1. The summed E-state index contributed by atoms with van der Waals surface area (Å²) in [6.07, 6.45) is 0. The lowest BCUT2D eigenvalue weighted by Crippen LogP contribution is -2.22. The molecule has 22 heavy (non-hydrogen) atoms. The second-order valence-electron chi connectivity index (χ2n) is 4.68. The highest BCUT2D eigenvalue weighted by Crippen LogP contribution is 2.21. The van der Waals surface area contributed by atoms with Crippen LogP contribution < -0.4 is 5.32 Å². The highest BCUT2D eigenvalue weighted by molar-refractivity contribution is 9.10. The number of halogens is 1. The lowest BCUT2D eigenvalue weighted by atomic mass is 10.2. The molecule has 0 bridgehead atoms. The van der Waals surface area contributed by atoms with Crippen molar-refractivity contribution in [2.75, 3.05) is 0 Å². The number of carbonyl (C=O) groups is 1. The van der Waals surface area contributed by atoms with Gasteiger partial charge in [-0.3, -0.25) is 4.79 Å². The molecule has 0 radical (unpaired) electrons. The summed E-state index contributed by atoms with van der Waals surface area (Å²) >= 11 is 4.91. The SMILES string of the molecule is O=C(NCc1nc(-c2ccccc2)cs1)c1ccc(Br)cc1. The molecule has 0 unspecified atom stereocenters. The van der Waals surface area contributed by atoms with E-state index in [0.717, 1.165) is 20.7 Å². The van der Waals surface area contributed by atoms with Crippen LogP contribution in [-0.2, 0) is 6.54 Å². The van der Waals surface area contributed by atoms with Crippen LogP contribution in [0.5, 0.6) is 0 Å². The standard InChI is InChI=1S/C17H13BrN2OS/c18-14-8-6-13(7-9-14)17(21)19-10-16-20-15(11-22-16)12-4-2-1-3-5-12/h1-9,11H,10H2,(H,19,21). The van der Waals surface area contributed by atoms with E-state index in [2.05, 4.69) is 26.2 Å². The fourth-order valence-electron chi connectivity index (χ4n) is 1.99. The minimum Gasteiger partial charge on any atom is -0.346 e. The van der Waals surface area contributed by atoms with Crippen molar-refractivity contribution >= 4 is 33.2 Å². The van der Waals surface area contributed by atoms with Crippen molar-refractivity contribution in [3.05, 3.63) is 75.0 Å². The van der Waals surface area contributed by atoms with E-state index >= 15 is 0 Å². The second kappa shape index (κ2) is 6.85. The first-order valence-corrected chi connectivity index (χ1v) is 8.43. The van der Waals surface area contributed by atoms with Crippen molar-refractivity contribution in [3.8, 4) is 11.3 Å². The monoisotopic (exact) mass is 372 g/mol. The molecule has 2 aromatic carbocycles. The Morgan fingerprint density at radius 2 is 1.82 bits per heavy atom. The number of thiazole rings is 1. The van der Waals surface area contributed by atoms with E-state index in [1.165, 1.54) is 0 Å². The molecule has 110 valence electrons. The number of benzene rings is 2. The van der Waals surface area contributed by atoms with Crippen molar-refractivity contribution in [2.24, 2.45) is 0 Å². The van der Waals surface area contributed by atoms with Crippen LogP contribution in [0.2, 0.25) is 0 Å². The molecule has 3 rings (SSSR count). The van der Waals surface area contributed by atoms with E-state index < -0.39 is 0 Å². The normalized spacial score (nSPS) is 10.4. The summed E-state index contributed by atoms with van der Waals surface area (Å²) in [6.45, 7) is 0.437. The van der Waals surface area contributed by atoms with Gasteiger partial charge in [-0.25, -0.2) is 4.98 Å². The molecular weight excluding hydrogens is 360 g/mol. The first kappa shape index (κ1) is 14.9. The molecule has 5 heteroatoms. The maximum Gasteiger partial charge on any atom is 0.251 e. The minimum absolute atomic E-state index is 0.0936. The third kappa shape index (κ3) is 3.61. The number of amides is 1. The van der Waals surface area contributed by atoms with Crippen molar-refractivity contribution in [2.45, 2.75) is 6.54 Å². The number of hydrogen-bond acceptors (Lipinski definition) is 3. The van der Waals surface area contributed by atoms with Crippen molar-refractivity contribution in [1.82, 2.24) is 10.3 Å². The van der Waals surface area contributed by atoms with E-state index in [0.29, 0.717) is 12.1 Å². The molecule has 0 aliphatic carbocycles. The lowest BCUT2D eigenvalue weighted by molar-refractivity contribution is 0.0951. The van der Waals surface area contributed by atoms with Crippen LogP contribution >= 0.6 is 27.3 Å². The van der Waals surface area contributed by atoms with E-state index in [9.17, 15) is 4.79 Å². The molecule has 0 aliphatic heterocycles. The quantitative estimate of drug-likeness (QED) is 0.732. The van der Waals surface area contributed by atoms with Gasteiger partial charge < -0.3 is 5.32 Å². The molecule has 0 saturated heterocycles. The molecule has 3 aromatic rings. The third-order valence-corrected chi connectivity index (χ3v) is 4.51. The summed E-state index contributed by atoms with van der Waals surface area (Å²) in [5, 5.41) is 5.80.